The van der Waals surface area contributed by atoms with Crippen molar-refractivity contribution in [1.82, 2.24) is 26.3 Å². The third-order valence-electron chi connectivity index (χ3n) is 10.3. The highest BCUT2D eigenvalue weighted by atomic mass is 16.7. The number of carbonyl (C=O) groups excluding carboxylic acids is 7. The Hall–Kier alpha value is -6.97. The van der Waals surface area contributed by atoms with E-state index in [2.05, 4.69) is 21.3 Å². The van der Waals surface area contributed by atoms with Gasteiger partial charge in [0, 0.05) is 12.0 Å². The molecule has 0 saturated heterocycles. The van der Waals surface area contributed by atoms with Crippen molar-refractivity contribution in [3.05, 3.63) is 113 Å². The van der Waals surface area contributed by atoms with E-state index in [4.69, 9.17) is 18.7 Å². The number of rotatable bonds is 25. The van der Waals surface area contributed by atoms with E-state index in [1.165, 1.54) is 19.1 Å². The lowest BCUT2D eigenvalue weighted by atomic mass is 9.90. The topological polar surface area (TPSA) is 212 Å². The van der Waals surface area contributed by atoms with Crippen molar-refractivity contribution in [1.29, 1.82) is 0 Å². The van der Waals surface area contributed by atoms with E-state index >= 15 is 0 Å². The van der Waals surface area contributed by atoms with Gasteiger partial charge >= 0.3 is 12.1 Å². The van der Waals surface area contributed by atoms with Crippen LogP contribution in [0.4, 0.5) is 4.79 Å². The predicted octanol–water partition coefficient (Wildman–Crippen LogP) is 6.98. The van der Waals surface area contributed by atoms with Crippen LogP contribution in [-0.4, -0.2) is 72.4 Å². The average Bonchev–Trinajstić information content (AvgIpc) is 3.78. The molecule has 0 unspecified atom stereocenters. The summed E-state index contributed by atoms with van der Waals surface area (Å²) < 4.78 is 17.0. The molecule has 64 heavy (non-hydrogen) atoms. The smallest absolute Gasteiger partial charge is 0.432 e. The van der Waals surface area contributed by atoms with Crippen molar-refractivity contribution in [2.75, 3.05) is 13.3 Å². The molecule has 0 radical (unpaired) electrons. The molecular weight excluding hydrogens is 823 g/mol. The number of amides is 5. The number of unbranched alkanes of at least 4 members (excludes halogenated alkanes) is 2. The minimum Gasteiger partial charge on any atom is -0.493 e. The minimum atomic E-state index is -1.24. The fourth-order valence-electron chi connectivity index (χ4n) is 6.95. The standard InChI is InChI=1S/C48H59N5O11/c1-7-10-13-22-36(39(8-2)53(31-54)64-47(60)52-48(5,6)35-20-16-12-17-21-35)43(56)49-30-50-45(58)41-26-25-40(63-41)34-23-24-37(42(28-34)61-9-3)44(57)51-38(27-32(4)55)46(59)62-29-33-18-14-11-15-19-33/h11-12,14-21,23-26,28,31,36,38-39H,7-10,13,22,27,29-30H2,1-6H3,(H,49,56)(H,50,58)(H,51,57)(H,52,60)/t36-,38+,39-/m1/s1. The highest BCUT2D eigenvalue weighted by Crippen LogP contribution is 2.30. The number of hydroxylamine groups is 2. The summed E-state index contributed by atoms with van der Waals surface area (Å²) in [5, 5.41) is 11.6. The average molecular weight is 882 g/mol. The summed E-state index contributed by atoms with van der Waals surface area (Å²) >= 11 is 0. The third-order valence-corrected chi connectivity index (χ3v) is 10.3. The fraction of sp³-hybridized carbons (Fsp3) is 0.396. The van der Waals surface area contributed by atoms with Gasteiger partial charge in [0.25, 0.3) is 11.8 Å². The SMILES string of the molecule is CCCCC[C@@H](C(=O)NCNC(=O)c1ccc(-c2ccc(C(=O)N[C@@H](CC(C)=O)C(=O)OCc3ccccc3)c(OCC)c2)o1)[C@@H](CC)N(C=O)OC(=O)NC(C)(C)c1ccccc1. The summed E-state index contributed by atoms with van der Waals surface area (Å²) in [6.07, 6.45) is 2.33. The van der Waals surface area contributed by atoms with Crippen LogP contribution in [0.15, 0.2) is 95.4 Å². The Kier molecular flexibility index (Phi) is 19.1. The molecule has 0 fully saturated rings. The number of hydrogen-bond donors (Lipinski definition) is 4. The van der Waals surface area contributed by atoms with Crippen LogP contribution >= 0.6 is 0 Å². The largest absolute Gasteiger partial charge is 0.493 e. The van der Waals surface area contributed by atoms with Crippen LogP contribution in [-0.2, 0) is 40.9 Å². The first kappa shape index (κ1) is 49.7. The van der Waals surface area contributed by atoms with E-state index < -0.39 is 53.3 Å². The first-order chi connectivity index (χ1) is 30.7. The Morgan fingerprint density at radius 3 is 2.19 bits per heavy atom. The number of hydrogen-bond acceptors (Lipinski definition) is 11. The van der Waals surface area contributed by atoms with Crippen molar-refractivity contribution in [2.24, 2.45) is 5.92 Å². The second-order valence-corrected chi connectivity index (χ2v) is 15.6. The molecule has 3 atom stereocenters. The van der Waals surface area contributed by atoms with Crippen LogP contribution in [0.25, 0.3) is 11.3 Å². The van der Waals surface area contributed by atoms with E-state index in [1.54, 1.807) is 70.2 Å². The molecule has 4 N–H and O–H groups in total. The molecule has 0 bridgehead atoms. The van der Waals surface area contributed by atoms with Gasteiger partial charge in [0.05, 0.1) is 36.3 Å². The lowest BCUT2D eigenvalue weighted by Crippen LogP contribution is -2.51. The lowest BCUT2D eigenvalue weighted by Gasteiger charge is -2.33. The first-order valence-electron chi connectivity index (χ1n) is 21.4. The summed E-state index contributed by atoms with van der Waals surface area (Å²) in [6, 6.07) is 23.8. The maximum atomic E-state index is 13.7. The Balaban J connectivity index is 1.39. The Labute approximate surface area is 373 Å². The second kappa shape index (κ2) is 24.6. The van der Waals surface area contributed by atoms with Crippen LogP contribution in [0.5, 0.6) is 5.75 Å². The molecule has 3 aromatic carbocycles. The maximum Gasteiger partial charge on any atom is 0.432 e. The zero-order valence-electron chi connectivity index (χ0n) is 37.3. The number of furan rings is 1. The molecule has 16 nitrogen and oxygen atoms in total. The van der Waals surface area contributed by atoms with Gasteiger partial charge < -0.3 is 40.0 Å². The molecule has 16 heteroatoms. The van der Waals surface area contributed by atoms with Crippen LogP contribution in [0.3, 0.4) is 0 Å². The van der Waals surface area contributed by atoms with Gasteiger partial charge in [0.15, 0.2) is 5.76 Å². The molecule has 1 aromatic heterocycles. The fourth-order valence-corrected chi connectivity index (χ4v) is 6.95. The number of carbonyl (C=O) groups is 7. The molecular formula is C48H59N5O11. The van der Waals surface area contributed by atoms with E-state index in [0.717, 1.165) is 29.0 Å². The number of esters is 1. The maximum absolute atomic E-state index is 13.7. The van der Waals surface area contributed by atoms with Gasteiger partial charge in [-0.05, 0) is 75.9 Å². The molecule has 0 aliphatic heterocycles. The molecule has 0 aliphatic carbocycles. The van der Waals surface area contributed by atoms with Crippen LogP contribution in [0.2, 0.25) is 0 Å². The van der Waals surface area contributed by atoms with Gasteiger partial charge in [-0.3, -0.25) is 24.0 Å². The molecule has 4 aromatic rings. The Morgan fingerprint density at radius 1 is 0.844 bits per heavy atom. The summed E-state index contributed by atoms with van der Waals surface area (Å²) in [5.41, 5.74) is 1.31. The number of Topliss-reactive ketones (excluding diaryl/α,β-unsaturated/α-hetero) is 1. The molecule has 4 rings (SSSR count). The van der Waals surface area contributed by atoms with E-state index in [-0.39, 0.29) is 54.9 Å². The normalized spacial score (nSPS) is 12.4. The highest BCUT2D eigenvalue weighted by Gasteiger charge is 2.35. The summed E-state index contributed by atoms with van der Waals surface area (Å²) in [5.74, 6) is -3.25. The van der Waals surface area contributed by atoms with Gasteiger partial charge in [0.2, 0.25) is 12.3 Å². The van der Waals surface area contributed by atoms with Gasteiger partial charge in [-0.1, -0.05) is 99.8 Å². The van der Waals surface area contributed by atoms with Gasteiger partial charge in [-0.15, -0.1) is 0 Å². The van der Waals surface area contributed by atoms with E-state index in [9.17, 15) is 33.6 Å². The zero-order valence-corrected chi connectivity index (χ0v) is 37.3. The van der Waals surface area contributed by atoms with Crippen LogP contribution in [0.1, 0.15) is 112 Å². The van der Waals surface area contributed by atoms with E-state index in [1.807, 2.05) is 43.3 Å². The monoisotopic (exact) mass is 881 g/mol. The van der Waals surface area contributed by atoms with Gasteiger partial charge in [0.1, 0.15) is 29.9 Å². The molecule has 0 aliphatic rings. The van der Waals surface area contributed by atoms with E-state index in [0.29, 0.717) is 31.2 Å². The number of benzene rings is 3. The second-order valence-electron chi connectivity index (χ2n) is 15.6. The number of ether oxygens (including phenoxy) is 2. The highest BCUT2D eigenvalue weighted by molar-refractivity contribution is 6.00. The Morgan fingerprint density at radius 2 is 1.55 bits per heavy atom. The Bertz CT molecular complexity index is 2190. The van der Waals surface area contributed by atoms with Crippen molar-refractivity contribution >= 4 is 42.0 Å². The summed E-state index contributed by atoms with van der Waals surface area (Å²) in [6.45, 7) is 10.3. The van der Waals surface area contributed by atoms with Gasteiger partial charge in [-0.25, -0.2) is 9.59 Å². The predicted molar refractivity (Wildman–Crippen MR) is 237 cm³/mol. The van der Waals surface area contributed by atoms with Gasteiger partial charge in [-0.2, -0.15) is 5.06 Å². The summed E-state index contributed by atoms with van der Waals surface area (Å²) in [4.78, 5) is 96.2. The quantitative estimate of drug-likeness (QED) is 0.0175. The molecule has 5 amide bonds. The van der Waals surface area contributed by atoms with Crippen LogP contribution < -0.4 is 26.0 Å². The number of nitrogens with one attached hydrogen (secondary N) is 4. The molecule has 1 heterocycles. The van der Waals surface area contributed by atoms with Crippen molar-refractivity contribution < 1.29 is 52.3 Å². The zero-order chi connectivity index (χ0) is 46.6. The van der Waals surface area contributed by atoms with Crippen molar-refractivity contribution in [3.63, 3.8) is 0 Å². The van der Waals surface area contributed by atoms with Crippen molar-refractivity contribution in [2.45, 2.75) is 104 Å². The van der Waals surface area contributed by atoms with Crippen molar-refractivity contribution in [3.8, 4) is 17.1 Å². The molecule has 342 valence electrons. The lowest BCUT2D eigenvalue weighted by molar-refractivity contribution is -0.169. The third kappa shape index (κ3) is 14.6. The molecule has 0 saturated carbocycles. The molecule has 0 spiro atoms. The number of nitrogens with zero attached hydrogens (tertiary/aromatic N) is 1. The number of ketones is 1. The summed E-state index contributed by atoms with van der Waals surface area (Å²) in [7, 11) is 0. The first-order valence-corrected chi connectivity index (χ1v) is 21.4. The minimum absolute atomic E-state index is 0.0333. The van der Waals surface area contributed by atoms with Crippen LogP contribution in [0, 0.1) is 5.92 Å².